The first-order valence-electron chi connectivity index (χ1n) is 18.4. The van der Waals surface area contributed by atoms with E-state index in [0.717, 1.165) is 47.3 Å². The van der Waals surface area contributed by atoms with Crippen molar-refractivity contribution in [2.75, 3.05) is 43.0 Å². The number of aryl methyl sites for hydroxylation is 1. The third-order valence-corrected chi connectivity index (χ3v) is 11.7. The molecule has 2 aromatic heterocycles. The summed E-state index contributed by atoms with van der Waals surface area (Å²) in [6.45, 7) is 8.26. The zero-order valence-electron chi connectivity index (χ0n) is 30.4. The van der Waals surface area contributed by atoms with Crippen molar-refractivity contribution < 1.29 is 23.8 Å². The van der Waals surface area contributed by atoms with Crippen molar-refractivity contribution in [3.05, 3.63) is 99.3 Å². The van der Waals surface area contributed by atoms with Crippen LogP contribution in [0.1, 0.15) is 75.5 Å². The number of fused-ring (bicyclic) bond motifs is 2. The quantitative estimate of drug-likeness (QED) is 0.0893. The first-order valence-corrected chi connectivity index (χ1v) is 20.0. The molecule has 4 heterocycles. The fourth-order valence-corrected chi connectivity index (χ4v) is 8.93. The van der Waals surface area contributed by atoms with E-state index in [1.165, 1.54) is 28.7 Å². The summed E-state index contributed by atoms with van der Waals surface area (Å²) in [6, 6.07) is 19.3. The fraction of sp³-hybridized carbons (Fsp3) is 0.366. The van der Waals surface area contributed by atoms with Crippen LogP contribution >= 0.6 is 22.7 Å². The summed E-state index contributed by atoms with van der Waals surface area (Å²) < 4.78 is 21.7. The average Bonchev–Trinajstić information content (AvgIpc) is 3.78. The Bertz CT molecular complexity index is 2170. The Morgan fingerprint density at radius 3 is 2.67 bits per heavy atom. The topological polar surface area (TPSA) is 120 Å². The van der Waals surface area contributed by atoms with Crippen molar-refractivity contribution in [3.8, 4) is 17.6 Å². The van der Waals surface area contributed by atoms with Gasteiger partial charge in [0.05, 0.1) is 23.4 Å². The molecule has 1 fully saturated rings. The number of carboxylic acid groups (broad SMARTS) is 1. The van der Waals surface area contributed by atoms with Crippen LogP contribution in [-0.4, -0.2) is 76.7 Å². The van der Waals surface area contributed by atoms with E-state index in [2.05, 4.69) is 51.2 Å². The lowest BCUT2D eigenvalue weighted by molar-refractivity contribution is 0.0690. The number of anilines is 2. The van der Waals surface area contributed by atoms with Gasteiger partial charge in [0.2, 0.25) is 0 Å². The Labute approximate surface area is 322 Å². The first-order chi connectivity index (χ1) is 26.2. The Hall–Kier alpha value is -4.87. The van der Waals surface area contributed by atoms with E-state index in [4.69, 9.17) is 4.74 Å². The molecule has 7 rings (SSSR count). The zero-order chi connectivity index (χ0) is 37.6. The molecule has 0 unspecified atom stereocenters. The number of piperidine rings is 1. The van der Waals surface area contributed by atoms with E-state index in [-0.39, 0.29) is 24.0 Å². The molecule has 280 valence electrons. The molecule has 3 aromatic carbocycles. The van der Waals surface area contributed by atoms with Gasteiger partial charge in [0.15, 0.2) is 27.5 Å². The molecule has 13 heteroatoms. The molecule has 1 amide bonds. The van der Waals surface area contributed by atoms with Gasteiger partial charge in [-0.1, -0.05) is 61.3 Å². The molecule has 0 radical (unpaired) electrons. The van der Waals surface area contributed by atoms with Gasteiger partial charge in [-0.2, -0.15) is 0 Å². The van der Waals surface area contributed by atoms with E-state index in [9.17, 15) is 19.1 Å². The number of rotatable bonds is 12. The van der Waals surface area contributed by atoms with Crippen LogP contribution in [0.15, 0.2) is 60.7 Å². The standard InChI is InChI=1S/C41H43FN6O4S2/c1-26(2)43-29-17-20-47(21-18-29)19-6-8-27-14-15-34(32(42)24-27)52-23-7-13-36-37(39(50)51)45-41(54-36)48-22-16-28-9-5-10-30(31(28)25-48)38(49)46-40-44-33-11-3-4-12-35(33)53-40/h3-5,9-12,14-15,24,26,29,43H,7,13,16-23,25H2,1-2H3,(H,50,51)(H,44,46,49). The van der Waals surface area contributed by atoms with Gasteiger partial charge in [0, 0.05) is 54.3 Å². The van der Waals surface area contributed by atoms with Crippen LogP contribution in [0.3, 0.4) is 0 Å². The molecule has 1 saturated heterocycles. The van der Waals surface area contributed by atoms with Crippen LogP contribution < -0.4 is 20.3 Å². The van der Waals surface area contributed by atoms with Crippen LogP contribution in [0, 0.1) is 17.7 Å². The number of carbonyl (C=O) groups excluding carboxylic acids is 1. The largest absolute Gasteiger partial charge is 0.491 e. The van der Waals surface area contributed by atoms with Crippen LogP contribution in [0.2, 0.25) is 0 Å². The number of hydrogen-bond donors (Lipinski definition) is 3. The Morgan fingerprint density at radius 2 is 1.89 bits per heavy atom. The predicted octanol–water partition coefficient (Wildman–Crippen LogP) is 7.23. The SMILES string of the molecule is CC(C)NC1CCN(CC#Cc2ccc(OCCCc3sc(N4CCc5cccc(C(=O)Nc6nc7ccccc7s6)c5C4)nc3C(=O)O)c(F)c2)CC1. The van der Waals surface area contributed by atoms with E-state index in [1.54, 1.807) is 12.1 Å². The molecule has 0 atom stereocenters. The van der Waals surface area contributed by atoms with Gasteiger partial charge < -0.3 is 20.1 Å². The summed E-state index contributed by atoms with van der Waals surface area (Å²) in [4.78, 5) is 39.7. The normalized spacial score (nSPS) is 14.9. The van der Waals surface area contributed by atoms with Gasteiger partial charge in [-0.15, -0.1) is 11.3 Å². The van der Waals surface area contributed by atoms with E-state index >= 15 is 0 Å². The molecule has 2 aliphatic heterocycles. The summed E-state index contributed by atoms with van der Waals surface area (Å²) in [5.74, 6) is 4.58. The number of aromatic carboxylic acids is 1. The monoisotopic (exact) mass is 766 g/mol. The predicted molar refractivity (Wildman–Crippen MR) is 213 cm³/mol. The highest BCUT2D eigenvalue weighted by Gasteiger charge is 2.27. The second kappa shape index (κ2) is 17.1. The highest BCUT2D eigenvalue weighted by Crippen LogP contribution is 2.33. The maximum atomic E-state index is 14.9. The number of aromatic nitrogens is 2. The molecule has 2 aliphatic rings. The van der Waals surface area contributed by atoms with Gasteiger partial charge in [0.1, 0.15) is 0 Å². The number of halogens is 1. The number of benzene rings is 3. The first kappa shape index (κ1) is 37.4. The van der Waals surface area contributed by atoms with Crippen LogP contribution in [0.25, 0.3) is 10.2 Å². The Kier molecular flexibility index (Phi) is 11.8. The van der Waals surface area contributed by atoms with E-state index in [0.29, 0.717) is 77.2 Å². The summed E-state index contributed by atoms with van der Waals surface area (Å²) in [5, 5.41) is 17.7. The zero-order valence-corrected chi connectivity index (χ0v) is 32.0. The number of amides is 1. The van der Waals surface area contributed by atoms with Crippen LogP contribution in [0.4, 0.5) is 14.7 Å². The van der Waals surface area contributed by atoms with Crippen molar-refractivity contribution in [2.24, 2.45) is 0 Å². The minimum atomic E-state index is -1.10. The minimum absolute atomic E-state index is 0.00774. The van der Waals surface area contributed by atoms with E-state index < -0.39 is 11.8 Å². The number of carbonyl (C=O) groups is 2. The summed E-state index contributed by atoms with van der Waals surface area (Å²) in [7, 11) is 0. The van der Waals surface area contributed by atoms with Crippen LogP contribution in [-0.2, 0) is 19.4 Å². The van der Waals surface area contributed by atoms with Gasteiger partial charge in [-0.25, -0.2) is 19.2 Å². The summed E-state index contributed by atoms with van der Waals surface area (Å²) in [5.41, 5.74) is 3.96. The Morgan fingerprint density at radius 1 is 1.06 bits per heavy atom. The number of likely N-dealkylation sites (tertiary alicyclic amines) is 1. The van der Waals surface area contributed by atoms with Gasteiger partial charge in [-0.05, 0) is 79.6 Å². The minimum Gasteiger partial charge on any atom is -0.491 e. The second-order valence-electron chi connectivity index (χ2n) is 13.9. The number of thiazole rings is 2. The lowest BCUT2D eigenvalue weighted by Crippen LogP contribution is -2.44. The number of carboxylic acids is 1. The summed E-state index contributed by atoms with van der Waals surface area (Å²) in [6.07, 6.45) is 3.78. The third kappa shape index (κ3) is 9.07. The molecule has 54 heavy (non-hydrogen) atoms. The highest BCUT2D eigenvalue weighted by molar-refractivity contribution is 7.22. The maximum absolute atomic E-state index is 14.9. The highest BCUT2D eigenvalue weighted by atomic mass is 32.1. The number of hydrogen-bond acceptors (Lipinski definition) is 10. The van der Waals surface area contributed by atoms with Gasteiger partial charge in [-0.3, -0.25) is 15.0 Å². The molecule has 0 saturated carbocycles. The molecular weight excluding hydrogens is 724 g/mol. The van der Waals surface area contributed by atoms with E-state index in [1.807, 2.05) is 47.4 Å². The molecule has 10 nitrogen and oxygen atoms in total. The number of ether oxygens (including phenoxy) is 1. The van der Waals surface area contributed by atoms with Crippen molar-refractivity contribution >= 4 is 55.0 Å². The summed E-state index contributed by atoms with van der Waals surface area (Å²) >= 11 is 2.76. The Balaban J connectivity index is 0.929. The molecule has 0 bridgehead atoms. The molecule has 0 spiro atoms. The van der Waals surface area contributed by atoms with Crippen molar-refractivity contribution in [3.63, 3.8) is 0 Å². The second-order valence-corrected chi connectivity index (χ2v) is 16.0. The van der Waals surface area contributed by atoms with Crippen LogP contribution in [0.5, 0.6) is 5.75 Å². The molecule has 0 aliphatic carbocycles. The fourth-order valence-electron chi connectivity index (χ4n) is 6.95. The average molecular weight is 767 g/mol. The number of nitrogens with one attached hydrogen (secondary N) is 2. The van der Waals surface area contributed by atoms with Crippen molar-refractivity contribution in [2.45, 2.75) is 64.6 Å². The third-order valence-electron chi connectivity index (χ3n) is 9.62. The number of para-hydroxylation sites is 1. The van der Waals surface area contributed by atoms with Gasteiger partial charge in [0.25, 0.3) is 5.91 Å². The smallest absolute Gasteiger partial charge is 0.355 e. The molecule has 5 aromatic rings. The van der Waals surface area contributed by atoms with Crippen molar-refractivity contribution in [1.82, 2.24) is 20.2 Å². The number of nitrogens with zero attached hydrogens (tertiary/aromatic N) is 4. The lowest BCUT2D eigenvalue weighted by Gasteiger charge is -2.32. The lowest BCUT2D eigenvalue weighted by atomic mass is 9.94. The molecular formula is C41H43FN6O4S2. The molecule has 3 N–H and O–H groups in total. The van der Waals surface area contributed by atoms with Crippen molar-refractivity contribution in [1.29, 1.82) is 0 Å². The van der Waals surface area contributed by atoms with Gasteiger partial charge >= 0.3 is 5.97 Å². The maximum Gasteiger partial charge on any atom is 0.355 e.